The summed E-state index contributed by atoms with van der Waals surface area (Å²) in [6, 6.07) is 9.29. The first-order valence-corrected chi connectivity index (χ1v) is 7.73. The molecule has 2 rings (SSSR count). The molecule has 0 aromatic heterocycles. The number of nitrogens with one attached hydrogen (secondary N) is 1. The number of nitrogens with zero attached hydrogens (tertiary/aromatic N) is 1. The second-order valence-electron chi connectivity index (χ2n) is 5.65. The van der Waals surface area contributed by atoms with Gasteiger partial charge in [-0.1, -0.05) is 30.2 Å². The minimum absolute atomic E-state index is 0.395. The van der Waals surface area contributed by atoms with Crippen LogP contribution in [-0.2, 0) is 0 Å². The van der Waals surface area contributed by atoms with Gasteiger partial charge in [0.05, 0.1) is 0 Å². The van der Waals surface area contributed by atoms with Crippen molar-refractivity contribution in [3.05, 3.63) is 34.9 Å². The number of hydrogen-bond acceptors (Lipinski definition) is 2. The van der Waals surface area contributed by atoms with Crippen molar-refractivity contribution in [1.29, 1.82) is 0 Å². The topological polar surface area (TPSA) is 15.3 Å². The van der Waals surface area contributed by atoms with E-state index in [1.165, 1.54) is 37.8 Å². The molecule has 0 spiro atoms. The molecule has 0 amide bonds. The van der Waals surface area contributed by atoms with Gasteiger partial charge < -0.3 is 10.2 Å². The van der Waals surface area contributed by atoms with Crippen LogP contribution >= 0.6 is 11.6 Å². The summed E-state index contributed by atoms with van der Waals surface area (Å²) in [6.07, 6.45) is 5.35. The SMILES string of the molecule is C[C@H](NCCC1CCCCN1C)c1ccc(Cl)cc1. The summed E-state index contributed by atoms with van der Waals surface area (Å²) in [4.78, 5) is 2.51. The molecule has 1 heterocycles. The van der Waals surface area contributed by atoms with E-state index >= 15 is 0 Å². The van der Waals surface area contributed by atoms with Gasteiger partial charge in [0.25, 0.3) is 0 Å². The smallest absolute Gasteiger partial charge is 0.0406 e. The van der Waals surface area contributed by atoms with Crippen LogP contribution in [0.1, 0.15) is 44.2 Å². The minimum Gasteiger partial charge on any atom is -0.310 e. The van der Waals surface area contributed by atoms with Crippen LogP contribution in [0.5, 0.6) is 0 Å². The normalized spacial score (nSPS) is 22.4. The summed E-state index contributed by atoms with van der Waals surface area (Å²) in [5, 5.41) is 4.42. The molecule has 1 aromatic carbocycles. The van der Waals surface area contributed by atoms with E-state index in [0.29, 0.717) is 6.04 Å². The van der Waals surface area contributed by atoms with E-state index < -0.39 is 0 Å². The first-order chi connectivity index (χ1) is 9.16. The Morgan fingerprint density at radius 1 is 1.32 bits per heavy atom. The molecule has 0 bridgehead atoms. The van der Waals surface area contributed by atoms with Crippen molar-refractivity contribution in [2.75, 3.05) is 20.1 Å². The fourth-order valence-electron chi connectivity index (χ4n) is 2.84. The maximum atomic E-state index is 5.91. The third kappa shape index (κ3) is 4.48. The Balaban J connectivity index is 1.74. The van der Waals surface area contributed by atoms with Gasteiger partial charge in [-0.2, -0.15) is 0 Å². The zero-order valence-electron chi connectivity index (χ0n) is 12.0. The molecule has 1 saturated heterocycles. The standard InChI is InChI=1S/C16H25ClN2/c1-13(14-6-8-15(17)9-7-14)18-11-10-16-5-3-4-12-19(16)2/h6-9,13,16,18H,3-5,10-12H2,1-2H3/t13-,16?/m0/s1. The molecule has 106 valence electrons. The number of likely N-dealkylation sites (tertiary alicyclic amines) is 1. The lowest BCUT2D eigenvalue weighted by molar-refractivity contribution is 0.174. The van der Waals surface area contributed by atoms with E-state index in [2.05, 4.69) is 36.3 Å². The van der Waals surface area contributed by atoms with E-state index in [0.717, 1.165) is 17.6 Å². The lowest BCUT2D eigenvalue weighted by Gasteiger charge is -2.32. The van der Waals surface area contributed by atoms with Gasteiger partial charge in [0, 0.05) is 17.1 Å². The molecule has 0 radical (unpaired) electrons. The van der Waals surface area contributed by atoms with E-state index in [9.17, 15) is 0 Å². The van der Waals surface area contributed by atoms with Crippen molar-refractivity contribution in [3.63, 3.8) is 0 Å². The van der Waals surface area contributed by atoms with Gasteiger partial charge >= 0.3 is 0 Å². The monoisotopic (exact) mass is 280 g/mol. The molecule has 3 heteroatoms. The first kappa shape index (κ1) is 14.8. The molecule has 2 atom stereocenters. The molecule has 1 fully saturated rings. The Kier molecular flexibility index (Phi) is 5.68. The van der Waals surface area contributed by atoms with Crippen molar-refractivity contribution >= 4 is 11.6 Å². The Morgan fingerprint density at radius 2 is 2.05 bits per heavy atom. The van der Waals surface area contributed by atoms with Gasteiger partial charge in [-0.3, -0.25) is 0 Å². The summed E-state index contributed by atoms with van der Waals surface area (Å²) >= 11 is 5.91. The van der Waals surface area contributed by atoms with Gasteiger partial charge in [-0.25, -0.2) is 0 Å². The van der Waals surface area contributed by atoms with Crippen LogP contribution in [0.15, 0.2) is 24.3 Å². The van der Waals surface area contributed by atoms with E-state index in [-0.39, 0.29) is 0 Å². The highest BCUT2D eigenvalue weighted by Gasteiger charge is 2.18. The Bertz CT molecular complexity index is 377. The molecule has 1 aliphatic heterocycles. The highest BCUT2D eigenvalue weighted by Crippen LogP contribution is 2.19. The molecule has 19 heavy (non-hydrogen) atoms. The Morgan fingerprint density at radius 3 is 2.74 bits per heavy atom. The van der Waals surface area contributed by atoms with Crippen molar-refractivity contribution in [3.8, 4) is 0 Å². The summed E-state index contributed by atoms with van der Waals surface area (Å²) < 4.78 is 0. The van der Waals surface area contributed by atoms with Crippen LogP contribution < -0.4 is 5.32 Å². The highest BCUT2D eigenvalue weighted by atomic mass is 35.5. The van der Waals surface area contributed by atoms with Crippen molar-refractivity contribution in [1.82, 2.24) is 10.2 Å². The van der Waals surface area contributed by atoms with Crippen LogP contribution in [0.25, 0.3) is 0 Å². The van der Waals surface area contributed by atoms with E-state index in [4.69, 9.17) is 11.6 Å². The zero-order chi connectivity index (χ0) is 13.7. The fourth-order valence-corrected chi connectivity index (χ4v) is 2.97. The van der Waals surface area contributed by atoms with Crippen molar-refractivity contribution < 1.29 is 0 Å². The molecule has 2 nitrogen and oxygen atoms in total. The molecule has 1 unspecified atom stereocenters. The van der Waals surface area contributed by atoms with Crippen LogP contribution in [0.2, 0.25) is 5.02 Å². The van der Waals surface area contributed by atoms with Crippen LogP contribution in [0, 0.1) is 0 Å². The molecule has 0 saturated carbocycles. The third-order valence-corrected chi connectivity index (χ3v) is 4.47. The fraction of sp³-hybridized carbons (Fsp3) is 0.625. The van der Waals surface area contributed by atoms with E-state index in [1.807, 2.05) is 12.1 Å². The Hall–Kier alpha value is -0.570. The quantitative estimate of drug-likeness (QED) is 0.881. The highest BCUT2D eigenvalue weighted by molar-refractivity contribution is 6.30. The van der Waals surface area contributed by atoms with Gasteiger partial charge in [0.2, 0.25) is 0 Å². The van der Waals surface area contributed by atoms with Crippen LogP contribution in [0.3, 0.4) is 0 Å². The molecular formula is C16H25ClN2. The lowest BCUT2D eigenvalue weighted by atomic mass is 10.00. The minimum atomic E-state index is 0.395. The van der Waals surface area contributed by atoms with Gasteiger partial charge in [0.1, 0.15) is 0 Å². The molecule has 1 N–H and O–H groups in total. The number of piperidine rings is 1. The molecule has 1 aliphatic rings. The predicted octanol–water partition coefficient (Wildman–Crippen LogP) is 3.87. The maximum absolute atomic E-state index is 5.91. The summed E-state index contributed by atoms with van der Waals surface area (Å²) in [5.41, 5.74) is 1.31. The lowest BCUT2D eigenvalue weighted by Crippen LogP contribution is -2.38. The van der Waals surface area contributed by atoms with Crippen LogP contribution in [-0.4, -0.2) is 31.1 Å². The van der Waals surface area contributed by atoms with Gasteiger partial charge in [-0.15, -0.1) is 0 Å². The van der Waals surface area contributed by atoms with Crippen LogP contribution in [0.4, 0.5) is 0 Å². The number of rotatable bonds is 5. The third-order valence-electron chi connectivity index (χ3n) is 4.22. The van der Waals surface area contributed by atoms with Gasteiger partial charge in [-0.05, 0) is 64.0 Å². The van der Waals surface area contributed by atoms with Crippen molar-refractivity contribution in [2.24, 2.45) is 0 Å². The average Bonchev–Trinajstić information content (AvgIpc) is 2.41. The molecule has 1 aromatic rings. The summed E-state index contributed by atoms with van der Waals surface area (Å²) in [6.45, 7) is 4.56. The maximum Gasteiger partial charge on any atom is 0.0406 e. The molecular weight excluding hydrogens is 256 g/mol. The van der Waals surface area contributed by atoms with E-state index in [1.54, 1.807) is 0 Å². The van der Waals surface area contributed by atoms with Crippen molar-refractivity contribution in [2.45, 2.75) is 44.7 Å². The largest absolute Gasteiger partial charge is 0.310 e. The van der Waals surface area contributed by atoms with Gasteiger partial charge in [0.15, 0.2) is 0 Å². The summed E-state index contributed by atoms with van der Waals surface area (Å²) in [7, 11) is 2.26. The summed E-state index contributed by atoms with van der Waals surface area (Å²) in [5.74, 6) is 0. The predicted molar refractivity (Wildman–Crippen MR) is 82.8 cm³/mol. The number of hydrogen-bond donors (Lipinski definition) is 1. The molecule has 0 aliphatic carbocycles. The number of halogens is 1. The zero-order valence-corrected chi connectivity index (χ0v) is 12.8. The second kappa shape index (κ2) is 7.28. The first-order valence-electron chi connectivity index (χ1n) is 7.36. The average molecular weight is 281 g/mol. The second-order valence-corrected chi connectivity index (χ2v) is 6.08. The number of benzene rings is 1. The Labute approximate surface area is 122 Å².